The van der Waals surface area contributed by atoms with Crippen LogP contribution in [-0.4, -0.2) is 18.1 Å². The number of halogens is 4. The van der Waals surface area contributed by atoms with E-state index >= 15 is 0 Å². The van der Waals surface area contributed by atoms with Crippen LogP contribution in [0.5, 0.6) is 0 Å². The van der Waals surface area contributed by atoms with Crippen LogP contribution in [0.15, 0.2) is 6.20 Å². The predicted molar refractivity (Wildman–Crippen MR) is 45.5 cm³/mol. The van der Waals surface area contributed by atoms with E-state index in [0.29, 0.717) is 6.20 Å². The van der Waals surface area contributed by atoms with Crippen molar-refractivity contribution in [3.63, 3.8) is 0 Å². The first-order valence-corrected chi connectivity index (χ1v) is 4.07. The molecule has 0 N–H and O–H groups in total. The standard InChI is InChI=1S/C8H5ClF3NO2/c1-15-8(14)4-5(9)3(10)2-13-6(4)7(11)12/h2,7H,1H3. The molecule has 0 unspecified atom stereocenters. The van der Waals surface area contributed by atoms with Gasteiger partial charge in [-0.3, -0.25) is 4.98 Å². The van der Waals surface area contributed by atoms with Crippen molar-refractivity contribution in [2.45, 2.75) is 6.43 Å². The Balaban J connectivity index is 3.41. The summed E-state index contributed by atoms with van der Waals surface area (Å²) in [6.07, 6.45) is -2.51. The molecule has 0 spiro atoms. The smallest absolute Gasteiger partial charge is 0.341 e. The van der Waals surface area contributed by atoms with Gasteiger partial charge in [-0.05, 0) is 0 Å². The molecule has 82 valence electrons. The van der Waals surface area contributed by atoms with Gasteiger partial charge >= 0.3 is 5.97 Å². The molecule has 1 heterocycles. The molecule has 0 saturated heterocycles. The van der Waals surface area contributed by atoms with Crippen LogP contribution in [0, 0.1) is 5.82 Å². The fraction of sp³-hybridized carbons (Fsp3) is 0.250. The molecule has 0 saturated carbocycles. The molecule has 1 aromatic rings. The number of pyridine rings is 1. The number of hydrogen-bond donors (Lipinski definition) is 0. The van der Waals surface area contributed by atoms with Crippen molar-refractivity contribution >= 4 is 17.6 Å². The number of methoxy groups -OCH3 is 1. The SMILES string of the molecule is COC(=O)c1c(C(F)F)ncc(F)c1Cl. The molecule has 0 atom stereocenters. The number of nitrogens with zero attached hydrogens (tertiary/aromatic N) is 1. The minimum atomic E-state index is -3.03. The van der Waals surface area contributed by atoms with E-state index in [1.807, 2.05) is 0 Å². The molecule has 0 aromatic carbocycles. The molecule has 0 aliphatic rings. The molecule has 0 radical (unpaired) electrons. The first-order valence-electron chi connectivity index (χ1n) is 3.69. The second-order valence-corrected chi connectivity index (χ2v) is 2.85. The normalized spacial score (nSPS) is 10.5. The third-order valence-corrected chi connectivity index (χ3v) is 1.97. The maximum atomic E-state index is 12.9. The van der Waals surface area contributed by atoms with E-state index in [2.05, 4.69) is 9.72 Å². The largest absolute Gasteiger partial charge is 0.465 e. The molecule has 0 bridgehead atoms. The van der Waals surface area contributed by atoms with Gasteiger partial charge in [0.1, 0.15) is 11.3 Å². The first-order chi connectivity index (χ1) is 6.99. The van der Waals surface area contributed by atoms with E-state index in [1.165, 1.54) is 0 Å². The molecule has 1 rings (SSSR count). The van der Waals surface area contributed by atoms with Crippen molar-refractivity contribution in [1.29, 1.82) is 0 Å². The topological polar surface area (TPSA) is 39.2 Å². The average molecular weight is 240 g/mol. The summed E-state index contributed by atoms with van der Waals surface area (Å²) >= 11 is 5.37. The Hall–Kier alpha value is -1.30. The van der Waals surface area contributed by atoms with E-state index < -0.39 is 34.5 Å². The lowest BCUT2D eigenvalue weighted by Gasteiger charge is -2.08. The Morgan fingerprint density at radius 1 is 1.60 bits per heavy atom. The van der Waals surface area contributed by atoms with E-state index in [4.69, 9.17) is 11.6 Å². The summed E-state index contributed by atoms with van der Waals surface area (Å²) in [6.45, 7) is 0. The van der Waals surface area contributed by atoms with Crippen molar-refractivity contribution in [1.82, 2.24) is 4.98 Å². The van der Waals surface area contributed by atoms with Crippen LogP contribution >= 0.6 is 11.6 Å². The fourth-order valence-corrected chi connectivity index (χ4v) is 1.16. The van der Waals surface area contributed by atoms with Crippen molar-refractivity contribution in [2.75, 3.05) is 7.11 Å². The highest BCUT2D eigenvalue weighted by Crippen LogP contribution is 2.28. The third-order valence-electron chi connectivity index (χ3n) is 1.60. The van der Waals surface area contributed by atoms with Crippen LogP contribution in [0.4, 0.5) is 13.2 Å². The number of hydrogen-bond acceptors (Lipinski definition) is 3. The van der Waals surface area contributed by atoms with Gasteiger partial charge in [0.15, 0.2) is 5.82 Å². The first kappa shape index (κ1) is 11.8. The van der Waals surface area contributed by atoms with Gasteiger partial charge in [-0.2, -0.15) is 0 Å². The summed E-state index contributed by atoms with van der Waals surface area (Å²) in [6, 6.07) is 0. The Morgan fingerprint density at radius 3 is 2.67 bits per heavy atom. The number of esters is 1. The summed E-state index contributed by atoms with van der Waals surface area (Å²) in [7, 11) is 0.971. The molecule has 0 aliphatic heterocycles. The van der Waals surface area contributed by atoms with Gasteiger partial charge in [0.25, 0.3) is 6.43 Å². The number of alkyl halides is 2. The van der Waals surface area contributed by atoms with Gasteiger partial charge < -0.3 is 4.74 Å². The van der Waals surface area contributed by atoms with Crippen LogP contribution in [0.1, 0.15) is 22.5 Å². The zero-order valence-corrected chi connectivity index (χ0v) is 8.19. The number of rotatable bonds is 2. The minimum absolute atomic E-state index is 0.524. The van der Waals surface area contributed by atoms with E-state index in [9.17, 15) is 18.0 Å². The van der Waals surface area contributed by atoms with Crippen molar-refractivity contribution < 1.29 is 22.7 Å². The Bertz CT molecular complexity index is 398. The summed E-state index contributed by atoms with van der Waals surface area (Å²) in [5.41, 5.74) is -1.64. The van der Waals surface area contributed by atoms with Crippen molar-refractivity contribution in [2.24, 2.45) is 0 Å². The fourth-order valence-electron chi connectivity index (χ4n) is 0.941. The maximum absolute atomic E-state index is 12.9. The third kappa shape index (κ3) is 2.20. The van der Waals surface area contributed by atoms with Crippen molar-refractivity contribution in [3.05, 3.63) is 28.3 Å². The second-order valence-electron chi connectivity index (χ2n) is 2.47. The van der Waals surface area contributed by atoms with Crippen molar-refractivity contribution in [3.8, 4) is 0 Å². The molecule has 15 heavy (non-hydrogen) atoms. The molecule has 3 nitrogen and oxygen atoms in total. The Labute approximate surface area is 87.8 Å². The molecular weight excluding hydrogens is 235 g/mol. The maximum Gasteiger partial charge on any atom is 0.341 e. The summed E-state index contributed by atoms with van der Waals surface area (Å²) in [5, 5.41) is -0.716. The van der Waals surface area contributed by atoms with Gasteiger partial charge in [-0.25, -0.2) is 18.0 Å². The molecule has 0 aliphatic carbocycles. The van der Waals surface area contributed by atoms with Crippen LogP contribution in [0.25, 0.3) is 0 Å². The van der Waals surface area contributed by atoms with Crippen LogP contribution in [0.2, 0.25) is 5.02 Å². The quantitative estimate of drug-likeness (QED) is 0.745. The Kier molecular flexibility index (Phi) is 3.52. The predicted octanol–water partition coefficient (Wildman–Crippen LogP) is 2.60. The average Bonchev–Trinajstić information content (AvgIpc) is 2.20. The van der Waals surface area contributed by atoms with E-state index in [0.717, 1.165) is 7.11 Å². The lowest BCUT2D eigenvalue weighted by molar-refractivity contribution is 0.0586. The highest BCUT2D eigenvalue weighted by Gasteiger charge is 2.25. The molecule has 0 amide bonds. The van der Waals surface area contributed by atoms with Crippen LogP contribution in [0.3, 0.4) is 0 Å². The summed E-state index contributed by atoms with van der Waals surface area (Å²) in [4.78, 5) is 14.2. The highest BCUT2D eigenvalue weighted by atomic mass is 35.5. The van der Waals surface area contributed by atoms with Gasteiger partial charge in [0, 0.05) is 0 Å². The number of carbonyl (C=O) groups is 1. The lowest BCUT2D eigenvalue weighted by Crippen LogP contribution is -2.10. The zero-order chi connectivity index (χ0) is 11.6. The minimum Gasteiger partial charge on any atom is -0.465 e. The monoisotopic (exact) mass is 239 g/mol. The number of aromatic nitrogens is 1. The Morgan fingerprint density at radius 2 is 2.20 bits per heavy atom. The number of carbonyl (C=O) groups excluding carboxylic acids is 1. The van der Waals surface area contributed by atoms with E-state index in [1.54, 1.807) is 0 Å². The van der Waals surface area contributed by atoms with Gasteiger partial charge in [0.2, 0.25) is 0 Å². The molecule has 1 aromatic heterocycles. The lowest BCUT2D eigenvalue weighted by atomic mass is 10.2. The van der Waals surface area contributed by atoms with Gasteiger partial charge in [-0.1, -0.05) is 11.6 Å². The van der Waals surface area contributed by atoms with Crippen LogP contribution < -0.4 is 0 Å². The molecular formula is C8H5ClF3NO2. The second kappa shape index (κ2) is 4.48. The molecule has 0 fully saturated rings. The molecule has 7 heteroatoms. The van der Waals surface area contributed by atoms with Gasteiger partial charge in [0.05, 0.1) is 18.3 Å². The van der Waals surface area contributed by atoms with Crippen LogP contribution in [-0.2, 0) is 4.74 Å². The summed E-state index contributed by atoms with van der Waals surface area (Å²) in [5.74, 6) is -2.20. The zero-order valence-electron chi connectivity index (χ0n) is 7.43. The summed E-state index contributed by atoms with van der Waals surface area (Å²) < 4.78 is 41.8. The van der Waals surface area contributed by atoms with E-state index in [-0.39, 0.29) is 0 Å². The van der Waals surface area contributed by atoms with Gasteiger partial charge in [-0.15, -0.1) is 0 Å². The number of ether oxygens (including phenoxy) is 1. The highest BCUT2D eigenvalue weighted by molar-refractivity contribution is 6.33.